The summed E-state index contributed by atoms with van der Waals surface area (Å²) in [5, 5.41) is 0.837. The number of cyclic esters (lactones) is 1. The molecule has 0 spiro atoms. The van der Waals surface area contributed by atoms with E-state index in [0.29, 0.717) is 30.9 Å². The largest absolute Gasteiger partial charge is 0.496 e. The highest BCUT2D eigenvalue weighted by Gasteiger charge is 2.33. The van der Waals surface area contributed by atoms with Gasteiger partial charge in [-0.3, -0.25) is 0 Å². The topological polar surface area (TPSA) is 44.8 Å². The van der Waals surface area contributed by atoms with Crippen LogP contribution in [0.3, 0.4) is 0 Å². The van der Waals surface area contributed by atoms with Gasteiger partial charge in [0.05, 0.1) is 13.7 Å². The summed E-state index contributed by atoms with van der Waals surface area (Å²) >= 11 is 3.54. The minimum atomic E-state index is -1.24. The van der Waals surface area contributed by atoms with E-state index in [9.17, 15) is 4.79 Å². The molecule has 4 nitrogen and oxygen atoms in total. The first-order valence-electron chi connectivity index (χ1n) is 9.49. The van der Waals surface area contributed by atoms with Crippen molar-refractivity contribution in [2.45, 2.75) is 59.0 Å². The van der Waals surface area contributed by atoms with E-state index in [1.807, 2.05) is 6.92 Å². The van der Waals surface area contributed by atoms with Crippen LogP contribution in [0.15, 0.2) is 11.6 Å². The molecule has 0 N–H and O–H groups in total. The van der Waals surface area contributed by atoms with Crippen LogP contribution in [-0.2, 0) is 17.8 Å². The second-order valence-electron chi connectivity index (χ2n) is 8.11. The van der Waals surface area contributed by atoms with Crippen LogP contribution in [-0.4, -0.2) is 33.1 Å². The number of halogens is 1. The van der Waals surface area contributed by atoms with E-state index in [2.05, 4.69) is 48.6 Å². The second-order valence-corrected chi connectivity index (χ2v) is 14.3. The highest BCUT2D eigenvalue weighted by molar-refractivity contribution is 9.09. The van der Waals surface area contributed by atoms with Gasteiger partial charge in [-0.2, -0.15) is 0 Å². The molecule has 0 aromatic heterocycles. The van der Waals surface area contributed by atoms with Gasteiger partial charge >= 0.3 is 5.97 Å². The molecule has 1 aliphatic rings. The first kappa shape index (κ1) is 22.0. The molecule has 1 aliphatic heterocycles. The number of benzene rings is 1. The number of hydrogen-bond acceptors (Lipinski definition) is 4. The maximum atomic E-state index is 12.4. The molecule has 0 radical (unpaired) electrons. The summed E-state index contributed by atoms with van der Waals surface area (Å²) in [5.74, 6) is 1.16. The molecule has 0 bridgehead atoms. The summed E-state index contributed by atoms with van der Waals surface area (Å²) in [4.78, 5) is 12.4. The molecule has 0 unspecified atom stereocenters. The average Bonchev–Trinajstić information content (AvgIpc) is 2.99. The number of esters is 1. The average molecular weight is 455 g/mol. The van der Waals surface area contributed by atoms with Crippen LogP contribution in [0, 0.1) is 6.92 Å². The predicted octanol–water partition coefficient (Wildman–Crippen LogP) is 5.66. The molecule has 6 heteroatoms. The SMILES string of the molecule is CCC(=CCc1c(OC)c(C)c2c(c1OCC[Si](C)(C)C)C(=O)OC2)CBr. The summed E-state index contributed by atoms with van der Waals surface area (Å²) in [6, 6.07) is 1.03. The van der Waals surface area contributed by atoms with Crippen LogP contribution in [0.2, 0.25) is 25.7 Å². The van der Waals surface area contributed by atoms with Gasteiger partial charge in [0, 0.05) is 24.5 Å². The Balaban J connectivity index is 2.53. The zero-order valence-electron chi connectivity index (χ0n) is 17.3. The Morgan fingerprint density at radius 3 is 2.56 bits per heavy atom. The molecule has 1 heterocycles. The maximum absolute atomic E-state index is 12.4. The number of ether oxygens (including phenoxy) is 3. The number of hydrogen-bond donors (Lipinski definition) is 0. The van der Waals surface area contributed by atoms with Gasteiger partial charge in [-0.15, -0.1) is 0 Å². The lowest BCUT2D eigenvalue weighted by Gasteiger charge is -2.21. The molecular formula is C21H31BrO4Si. The van der Waals surface area contributed by atoms with Gasteiger partial charge in [0.1, 0.15) is 23.7 Å². The summed E-state index contributed by atoms with van der Waals surface area (Å²) in [6.45, 7) is 12.0. The van der Waals surface area contributed by atoms with Crippen molar-refractivity contribution in [2.24, 2.45) is 0 Å². The van der Waals surface area contributed by atoms with Crippen LogP contribution in [0.4, 0.5) is 0 Å². The molecule has 2 rings (SSSR count). The zero-order chi connectivity index (χ0) is 20.2. The third kappa shape index (κ3) is 5.16. The number of rotatable bonds is 9. The van der Waals surface area contributed by atoms with E-state index in [1.165, 1.54) is 5.57 Å². The van der Waals surface area contributed by atoms with E-state index in [0.717, 1.165) is 40.2 Å². The minimum absolute atomic E-state index is 0.290. The Bertz CT molecular complexity index is 729. The van der Waals surface area contributed by atoms with Gasteiger partial charge < -0.3 is 14.2 Å². The Morgan fingerprint density at radius 1 is 1.30 bits per heavy atom. The first-order valence-corrected chi connectivity index (χ1v) is 14.3. The van der Waals surface area contributed by atoms with Crippen molar-refractivity contribution < 1.29 is 19.0 Å². The van der Waals surface area contributed by atoms with Gasteiger partial charge in [-0.1, -0.05) is 54.1 Å². The lowest BCUT2D eigenvalue weighted by molar-refractivity contribution is 0.0532. The van der Waals surface area contributed by atoms with Gasteiger partial charge in [0.2, 0.25) is 0 Å². The van der Waals surface area contributed by atoms with Crippen molar-refractivity contribution in [2.75, 3.05) is 19.0 Å². The van der Waals surface area contributed by atoms with Gasteiger partial charge in [0.25, 0.3) is 0 Å². The molecule has 0 amide bonds. The van der Waals surface area contributed by atoms with Crippen molar-refractivity contribution in [3.05, 3.63) is 33.9 Å². The fraction of sp³-hybridized carbons (Fsp3) is 0.571. The number of methoxy groups -OCH3 is 1. The van der Waals surface area contributed by atoms with Crippen molar-refractivity contribution in [3.8, 4) is 11.5 Å². The van der Waals surface area contributed by atoms with Crippen molar-refractivity contribution in [1.29, 1.82) is 0 Å². The smallest absolute Gasteiger partial charge is 0.342 e. The van der Waals surface area contributed by atoms with E-state index < -0.39 is 8.07 Å². The third-order valence-electron chi connectivity index (χ3n) is 4.95. The van der Waals surface area contributed by atoms with Gasteiger partial charge in [-0.05, 0) is 31.4 Å². The zero-order valence-corrected chi connectivity index (χ0v) is 19.9. The summed E-state index contributed by atoms with van der Waals surface area (Å²) < 4.78 is 17.3. The van der Waals surface area contributed by atoms with E-state index >= 15 is 0 Å². The Labute approximate surface area is 172 Å². The highest BCUT2D eigenvalue weighted by atomic mass is 79.9. The summed E-state index contributed by atoms with van der Waals surface area (Å²) in [6.07, 6.45) is 3.84. The molecule has 1 aromatic carbocycles. The molecule has 0 aliphatic carbocycles. The normalized spacial score (nSPS) is 14.2. The fourth-order valence-electron chi connectivity index (χ4n) is 3.17. The summed E-state index contributed by atoms with van der Waals surface area (Å²) in [7, 11) is 0.435. The molecule has 150 valence electrons. The number of allylic oxidation sites excluding steroid dienone is 2. The molecule has 0 atom stereocenters. The van der Waals surface area contributed by atoms with Crippen molar-refractivity contribution in [1.82, 2.24) is 0 Å². The second kappa shape index (κ2) is 9.28. The molecule has 1 aromatic rings. The molecule has 27 heavy (non-hydrogen) atoms. The Morgan fingerprint density at radius 2 is 2.00 bits per heavy atom. The lowest BCUT2D eigenvalue weighted by atomic mass is 9.94. The quantitative estimate of drug-likeness (QED) is 0.209. The fourth-order valence-corrected chi connectivity index (χ4v) is 4.51. The Kier molecular flexibility index (Phi) is 7.57. The third-order valence-corrected chi connectivity index (χ3v) is 7.37. The summed E-state index contributed by atoms with van der Waals surface area (Å²) in [5.41, 5.74) is 4.70. The first-order chi connectivity index (χ1) is 12.7. The van der Waals surface area contributed by atoms with Crippen LogP contribution in [0.1, 0.15) is 40.4 Å². The standard InChI is InChI=1S/C21H31BrO4Si/c1-7-15(12-22)8-9-16-19(24-3)14(2)17-13-26-21(23)18(17)20(16)25-10-11-27(4,5)6/h8H,7,9-13H2,1-6H3. The van der Waals surface area contributed by atoms with Gasteiger partial charge in [0.15, 0.2) is 0 Å². The molecule has 0 saturated carbocycles. The van der Waals surface area contributed by atoms with E-state index in [1.54, 1.807) is 7.11 Å². The Hall–Kier alpha value is -1.27. The van der Waals surface area contributed by atoms with Crippen LogP contribution < -0.4 is 9.47 Å². The lowest BCUT2D eigenvalue weighted by Crippen LogP contribution is -2.23. The minimum Gasteiger partial charge on any atom is -0.496 e. The van der Waals surface area contributed by atoms with E-state index in [-0.39, 0.29) is 5.97 Å². The van der Waals surface area contributed by atoms with Crippen molar-refractivity contribution >= 4 is 30.0 Å². The molecule has 0 saturated heterocycles. The highest BCUT2D eigenvalue weighted by Crippen LogP contribution is 2.43. The van der Waals surface area contributed by atoms with Gasteiger partial charge in [-0.25, -0.2) is 4.79 Å². The van der Waals surface area contributed by atoms with Crippen LogP contribution >= 0.6 is 15.9 Å². The molecular weight excluding hydrogens is 424 g/mol. The number of fused-ring (bicyclic) bond motifs is 1. The number of alkyl halides is 1. The molecule has 0 fully saturated rings. The monoisotopic (exact) mass is 454 g/mol. The maximum Gasteiger partial charge on any atom is 0.342 e. The van der Waals surface area contributed by atoms with Crippen LogP contribution in [0.5, 0.6) is 11.5 Å². The van der Waals surface area contributed by atoms with Crippen molar-refractivity contribution in [3.63, 3.8) is 0 Å². The van der Waals surface area contributed by atoms with E-state index in [4.69, 9.17) is 14.2 Å². The number of carbonyl (C=O) groups is 1. The predicted molar refractivity (Wildman–Crippen MR) is 116 cm³/mol. The van der Waals surface area contributed by atoms with Crippen LogP contribution in [0.25, 0.3) is 0 Å². The number of carbonyl (C=O) groups excluding carboxylic acids is 1.